The van der Waals surface area contributed by atoms with E-state index in [4.69, 9.17) is 9.40 Å². The van der Waals surface area contributed by atoms with Crippen LogP contribution in [0.2, 0.25) is 0 Å². The van der Waals surface area contributed by atoms with Crippen molar-refractivity contribution in [3.63, 3.8) is 0 Å². The second kappa shape index (κ2) is 12.8. The highest BCUT2D eigenvalue weighted by Crippen LogP contribution is 2.42. The maximum absolute atomic E-state index is 13.5. The minimum atomic E-state index is -4.75. The number of carboxylic acid groups (broad SMARTS) is 1. The van der Waals surface area contributed by atoms with Gasteiger partial charge in [0.25, 0.3) is 5.89 Å². The molecule has 3 aromatic heterocycles. The largest absolute Gasteiger partial charge is 0.481 e. The summed E-state index contributed by atoms with van der Waals surface area (Å²) in [5.41, 5.74) is 0.295. The first-order valence-electron chi connectivity index (χ1n) is 14.7. The van der Waals surface area contributed by atoms with Gasteiger partial charge in [-0.05, 0) is 50.1 Å². The highest BCUT2D eigenvalue weighted by atomic mass is 32.2. The van der Waals surface area contributed by atoms with Crippen molar-refractivity contribution in [1.82, 2.24) is 24.9 Å². The number of hydrogen-bond donors (Lipinski definition) is 2. The van der Waals surface area contributed by atoms with Crippen LogP contribution in [-0.2, 0) is 27.7 Å². The third-order valence-corrected chi connectivity index (χ3v) is 10.8. The average molecular weight is 666 g/mol. The van der Waals surface area contributed by atoms with E-state index in [0.29, 0.717) is 28.3 Å². The van der Waals surface area contributed by atoms with Gasteiger partial charge in [0.1, 0.15) is 6.04 Å². The molecule has 4 aromatic rings. The predicted octanol–water partition coefficient (Wildman–Crippen LogP) is 6.80. The molecule has 1 atom stereocenters. The van der Waals surface area contributed by atoms with Gasteiger partial charge in [-0.1, -0.05) is 45.1 Å². The highest BCUT2D eigenvalue weighted by molar-refractivity contribution is 7.89. The van der Waals surface area contributed by atoms with E-state index < -0.39 is 40.0 Å². The lowest BCUT2D eigenvalue weighted by molar-refractivity contribution is -0.151. The number of alkyl halides is 3. The fraction of sp³-hybridized carbons (Fsp3) is 0.500. The average Bonchev–Trinajstić information content (AvgIpc) is 3.62. The molecular weight excluding hydrogens is 631 g/mol. The van der Waals surface area contributed by atoms with E-state index in [9.17, 15) is 31.5 Å². The number of nitrogens with zero attached hydrogens (tertiary/aromatic N) is 4. The van der Waals surface area contributed by atoms with Crippen molar-refractivity contribution in [3.8, 4) is 21.3 Å². The molecule has 1 saturated carbocycles. The van der Waals surface area contributed by atoms with Crippen LogP contribution in [0.25, 0.3) is 32.1 Å². The molecule has 1 aliphatic carbocycles. The zero-order valence-electron chi connectivity index (χ0n) is 25.0. The Morgan fingerprint density at radius 1 is 1.13 bits per heavy atom. The van der Waals surface area contributed by atoms with Gasteiger partial charge in [0, 0.05) is 29.8 Å². The normalized spacial score (nSPS) is 15.9. The molecule has 15 heteroatoms. The quantitative estimate of drug-likeness (QED) is 0.176. The minimum absolute atomic E-state index is 0.0251. The Bertz CT molecular complexity index is 1800. The smallest absolute Gasteiger partial charge is 0.404 e. The fourth-order valence-electron chi connectivity index (χ4n) is 5.55. The van der Waals surface area contributed by atoms with Gasteiger partial charge < -0.3 is 9.52 Å². The molecule has 2 N–H and O–H groups in total. The molecule has 1 aliphatic rings. The van der Waals surface area contributed by atoms with Crippen molar-refractivity contribution in [2.75, 3.05) is 0 Å². The molecular formula is C30H34F3N5O5S2. The van der Waals surface area contributed by atoms with Crippen LogP contribution in [0.4, 0.5) is 13.2 Å². The Kier molecular flexibility index (Phi) is 9.34. The van der Waals surface area contributed by atoms with Crippen LogP contribution in [0.3, 0.4) is 0 Å². The van der Waals surface area contributed by atoms with Crippen LogP contribution in [-0.4, -0.2) is 51.9 Å². The van der Waals surface area contributed by atoms with Crippen molar-refractivity contribution in [3.05, 3.63) is 42.2 Å². The summed E-state index contributed by atoms with van der Waals surface area (Å²) in [6.45, 7) is 4.39. The van der Waals surface area contributed by atoms with Crippen LogP contribution < -0.4 is 4.72 Å². The Morgan fingerprint density at radius 3 is 2.53 bits per heavy atom. The van der Waals surface area contributed by atoms with Gasteiger partial charge in [0.15, 0.2) is 5.01 Å². The van der Waals surface area contributed by atoms with E-state index in [1.54, 1.807) is 26.0 Å². The predicted molar refractivity (Wildman–Crippen MR) is 162 cm³/mol. The Balaban J connectivity index is 1.59. The van der Waals surface area contributed by atoms with Gasteiger partial charge in [0.05, 0.1) is 20.9 Å². The number of nitrogens with one attached hydrogen (secondary N) is 1. The van der Waals surface area contributed by atoms with Gasteiger partial charge in [-0.2, -0.15) is 17.9 Å². The Hall–Kier alpha value is -3.43. The van der Waals surface area contributed by atoms with Crippen LogP contribution in [0.5, 0.6) is 0 Å². The standard InChI is InChI=1S/C30H34F3N5O5S2/c1-4-23(30(31,32)33)38-45(41,42)22-11-10-19(18-12-13-34-16-20(18)22)25-21(14-17-8-6-5-7-9-17)35-27(44-25)26-37-36-24(43-26)15-29(2,3)28(39)40/h10-13,16-17,23,38H,4-9,14-15H2,1-3H3,(H,39,40). The monoisotopic (exact) mass is 665 g/mol. The SMILES string of the molecule is CCC(NS(=O)(=O)c1ccc(-c2sc(-c3nnc(CC(C)(C)C(=O)O)o3)nc2CC2CCCCC2)c2ccncc12)C(F)(F)F. The van der Waals surface area contributed by atoms with E-state index >= 15 is 0 Å². The molecule has 242 valence electrons. The summed E-state index contributed by atoms with van der Waals surface area (Å²) in [5.74, 6) is -0.309. The van der Waals surface area contributed by atoms with Crippen molar-refractivity contribution in [1.29, 1.82) is 0 Å². The first-order chi connectivity index (χ1) is 21.2. The number of carboxylic acids is 1. The van der Waals surface area contributed by atoms with Crippen LogP contribution in [0, 0.1) is 11.3 Å². The van der Waals surface area contributed by atoms with Crippen LogP contribution in [0.15, 0.2) is 39.9 Å². The lowest BCUT2D eigenvalue weighted by Gasteiger charge is -2.21. The summed E-state index contributed by atoms with van der Waals surface area (Å²) >= 11 is 1.28. The van der Waals surface area contributed by atoms with Gasteiger partial charge >= 0.3 is 12.1 Å². The van der Waals surface area contributed by atoms with E-state index in [1.807, 2.05) is 4.72 Å². The van der Waals surface area contributed by atoms with Crippen LogP contribution >= 0.6 is 11.3 Å². The number of halogens is 3. The number of rotatable bonds is 11. The van der Waals surface area contributed by atoms with Gasteiger partial charge in [-0.25, -0.2) is 13.4 Å². The molecule has 10 nitrogen and oxygen atoms in total. The summed E-state index contributed by atoms with van der Waals surface area (Å²) in [4.78, 5) is 21.0. The minimum Gasteiger partial charge on any atom is -0.481 e. The molecule has 0 bridgehead atoms. The second-order valence-corrected chi connectivity index (χ2v) is 14.7. The van der Waals surface area contributed by atoms with Gasteiger partial charge in [-0.15, -0.1) is 21.5 Å². The summed E-state index contributed by atoms with van der Waals surface area (Å²) in [5, 5.41) is 18.8. The number of benzene rings is 1. The first-order valence-corrected chi connectivity index (χ1v) is 17.0. The number of aliphatic carboxylic acids is 1. The molecule has 0 amide bonds. The number of hydrogen-bond acceptors (Lipinski definition) is 9. The summed E-state index contributed by atoms with van der Waals surface area (Å²) in [7, 11) is -4.57. The zero-order chi connectivity index (χ0) is 32.6. The van der Waals surface area contributed by atoms with Crippen molar-refractivity contribution >= 4 is 38.1 Å². The molecule has 1 aromatic carbocycles. The molecule has 0 spiro atoms. The topological polar surface area (TPSA) is 148 Å². The van der Waals surface area contributed by atoms with E-state index in [1.165, 1.54) is 43.1 Å². The maximum atomic E-state index is 13.5. The van der Waals surface area contributed by atoms with E-state index in [2.05, 4.69) is 15.2 Å². The number of fused-ring (bicyclic) bond motifs is 1. The number of sulfonamides is 1. The number of aromatic nitrogens is 4. The van der Waals surface area contributed by atoms with Crippen LogP contribution in [0.1, 0.15) is 70.9 Å². The molecule has 0 radical (unpaired) electrons. The van der Waals surface area contributed by atoms with Crippen molar-refractivity contribution in [2.24, 2.45) is 11.3 Å². The molecule has 45 heavy (non-hydrogen) atoms. The lowest BCUT2D eigenvalue weighted by atomic mass is 9.85. The fourth-order valence-corrected chi connectivity index (χ4v) is 8.11. The summed E-state index contributed by atoms with van der Waals surface area (Å²) < 4.78 is 74.6. The number of pyridine rings is 1. The Morgan fingerprint density at radius 2 is 1.87 bits per heavy atom. The zero-order valence-corrected chi connectivity index (χ0v) is 26.7. The molecule has 0 aliphatic heterocycles. The van der Waals surface area contributed by atoms with Crippen molar-refractivity contribution < 1.29 is 35.9 Å². The number of carbonyl (C=O) groups is 1. The Labute approximate surface area is 262 Å². The summed E-state index contributed by atoms with van der Waals surface area (Å²) in [6, 6.07) is 2.28. The molecule has 0 saturated heterocycles. The molecule has 1 fully saturated rings. The van der Waals surface area contributed by atoms with Gasteiger partial charge in [0.2, 0.25) is 15.9 Å². The third kappa shape index (κ3) is 7.20. The maximum Gasteiger partial charge on any atom is 0.404 e. The van der Waals surface area contributed by atoms with E-state index in [-0.39, 0.29) is 28.5 Å². The van der Waals surface area contributed by atoms with E-state index in [0.717, 1.165) is 36.3 Å². The lowest BCUT2D eigenvalue weighted by Crippen LogP contribution is -2.44. The molecule has 5 rings (SSSR count). The number of thiazole rings is 1. The molecule has 3 heterocycles. The second-order valence-electron chi connectivity index (χ2n) is 12.0. The van der Waals surface area contributed by atoms with Gasteiger partial charge in [-0.3, -0.25) is 9.78 Å². The molecule has 1 unspecified atom stereocenters. The summed E-state index contributed by atoms with van der Waals surface area (Å²) in [6.07, 6.45) is 3.82. The first kappa shape index (κ1) is 32.9. The highest BCUT2D eigenvalue weighted by Gasteiger charge is 2.41. The third-order valence-electron chi connectivity index (χ3n) is 8.14. The van der Waals surface area contributed by atoms with Crippen molar-refractivity contribution in [2.45, 2.75) is 89.3 Å².